The molecule has 0 spiro atoms. The summed E-state index contributed by atoms with van der Waals surface area (Å²) in [6.45, 7) is 7.30. The van der Waals surface area contributed by atoms with Gasteiger partial charge in [0.05, 0.1) is 0 Å². The van der Waals surface area contributed by atoms with Crippen molar-refractivity contribution in [2.45, 2.75) is 58.0 Å². The molecule has 2 N–H and O–H groups in total. The first-order valence-corrected chi connectivity index (χ1v) is 8.38. The number of para-hydroxylation sites is 1. The molecule has 1 aromatic rings. The minimum absolute atomic E-state index is 0.424. The molecule has 0 bridgehead atoms. The Morgan fingerprint density at radius 1 is 1.14 bits per heavy atom. The highest BCUT2D eigenvalue weighted by atomic mass is 16.5. The molecule has 21 heavy (non-hydrogen) atoms. The fourth-order valence-electron chi connectivity index (χ4n) is 3.22. The molecule has 1 saturated carbocycles. The Hall–Kier alpha value is -1.06. The molecular formula is C18H30N2O. The highest BCUT2D eigenvalue weighted by molar-refractivity contribution is 5.31. The standard InChI is InChI=1S/C18H30N2O/c1-3-12-20(17-10-8-16(19)9-11-17)13-14-21-18-7-5-4-6-15(18)2/h4-7,16-17H,3,8-14,19H2,1-2H3. The second-order valence-electron chi connectivity index (χ2n) is 6.22. The van der Waals surface area contributed by atoms with E-state index >= 15 is 0 Å². The van der Waals surface area contributed by atoms with Gasteiger partial charge in [-0.2, -0.15) is 0 Å². The van der Waals surface area contributed by atoms with E-state index in [1.54, 1.807) is 0 Å². The van der Waals surface area contributed by atoms with Gasteiger partial charge in [-0.15, -0.1) is 0 Å². The van der Waals surface area contributed by atoms with Gasteiger partial charge in [-0.1, -0.05) is 25.1 Å². The van der Waals surface area contributed by atoms with Crippen LogP contribution >= 0.6 is 0 Å². The lowest BCUT2D eigenvalue weighted by molar-refractivity contribution is 0.126. The van der Waals surface area contributed by atoms with Crippen LogP contribution in [-0.2, 0) is 0 Å². The van der Waals surface area contributed by atoms with Gasteiger partial charge < -0.3 is 10.5 Å². The molecule has 3 nitrogen and oxygen atoms in total. The van der Waals surface area contributed by atoms with E-state index in [9.17, 15) is 0 Å². The van der Waals surface area contributed by atoms with Crippen molar-refractivity contribution in [1.82, 2.24) is 4.90 Å². The average Bonchev–Trinajstić information content (AvgIpc) is 2.49. The van der Waals surface area contributed by atoms with Crippen molar-refractivity contribution in [2.24, 2.45) is 5.73 Å². The van der Waals surface area contributed by atoms with Crippen molar-refractivity contribution in [3.8, 4) is 5.75 Å². The van der Waals surface area contributed by atoms with Gasteiger partial charge in [0, 0.05) is 18.6 Å². The van der Waals surface area contributed by atoms with E-state index in [2.05, 4.69) is 36.9 Å². The normalized spacial score (nSPS) is 22.5. The number of nitrogens with zero attached hydrogens (tertiary/aromatic N) is 1. The molecule has 1 aliphatic carbocycles. The number of hydrogen-bond acceptors (Lipinski definition) is 3. The molecule has 0 atom stereocenters. The van der Waals surface area contributed by atoms with Gasteiger partial charge in [0.15, 0.2) is 0 Å². The molecule has 0 aromatic heterocycles. The number of rotatable bonds is 7. The molecule has 0 heterocycles. The molecular weight excluding hydrogens is 260 g/mol. The first-order valence-electron chi connectivity index (χ1n) is 8.38. The summed E-state index contributed by atoms with van der Waals surface area (Å²) >= 11 is 0. The van der Waals surface area contributed by atoms with E-state index in [1.165, 1.54) is 37.7 Å². The Morgan fingerprint density at radius 3 is 2.52 bits per heavy atom. The van der Waals surface area contributed by atoms with Gasteiger partial charge in [0.2, 0.25) is 0 Å². The zero-order valence-electron chi connectivity index (χ0n) is 13.6. The number of ether oxygens (including phenoxy) is 1. The fourth-order valence-corrected chi connectivity index (χ4v) is 3.22. The predicted octanol–water partition coefficient (Wildman–Crippen LogP) is 3.36. The zero-order chi connectivity index (χ0) is 15.1. The summed E-state index contributed by atoms with van der Waals surface area (Å²) in [5.41, 5.74) is 7.23. The van der Waals surface area contributed by atoms with Crippen LogP contribution in [0.15, 0.2) is 24.3 Å². The van der Waals surface area contributed by atoms with Gasteiger partial charge in [-0.05, 0) is 57.2 Å². The van der Waals surface area contributed by atoms with E-state index in [-0.39, 0.29) is 0 Å². The minimum atomic E-state index is 0.424. The van der Waals surface area contributed by atoms with Crippen molar-refractivity contribution in [3.05, 3.63) is 29.8 Å². The van der Waals surface area contributed by atoms with Crippen LogP contribution < -0.4 is 10.5 Å². The molecule has 1 aromatic carbocycles. The predicted molar refractivity (Wildman–Crippen MR) is 88.8 cm³/mol. The van der Waals surface area contributed by atoms with Crippen molar-refractivity contribution < 1.29 is 4.74 Å². The van der Waals surface area contributed by atoms with Crippen LogP contribution in [-0.4, -0.2) is 36.7 Å². The molecule has 0 aliphatic heterocycles. The Morgan fingerprint density at radius 2 is 1.86 bits per heavy atom. The second-order valence-corrected chi connectivity index (χ2v) is 6.22. The molecule has 0 unspecified atom stereocenters. The van der Waals surface area contributed by atoms with Crippen LogP contribution in [0.4, 0.5) is 0 Å². The summed E-state index contributed by atoms with van der Waals surface area (Å²) in [5.74, 6) is 1.01. The Kier molecular flexibility index (Phi) is 6.52. The van der Waals surface area contributed by atoms with Gasteiger partial charge in [-0.3, -0.25) is 4.90 Å². The maximum absolute atomic E-state index is 6.02. The number of hydrogen-bond donors (Lipinski definition) is 1. The average molecular weight is 290 g/mol. The SMILES string of the molecule is CCCN(CCOc1ccccc1C)C1CCC(N)CC1. The third kappa shape index (κ3) is 5.01. The van der Waals surface area contributed by atoms with Crippen molar-refractivity contribution in [2.75, 3.05) is 19.7 Å². The van der Waals surface area contributed by atoms with Gasteiger partial charge in [0.1, 0.15) is 12.4 Å². The van der Waals surface area contributed by atoms with E-state index in [4.69, 9.17) is 10.5 Å². The number of benzene rings is 1. The molecule has 2 rings (SSSR count). The summed E-state index contributed by atoms with van der Waals surface area (Å²) in [5, 5.41) is 0. The molecule has 3 heteroatoms. The third-order valence-corrected chi connectivity index (χ3v) is 4.50. The Balaban J connectivity index is 1.81. The Bertz CT molecular complexity index is 413. The first kappa shape index (κ1) is 16.3. The van der Waals surface area contributed by atoms with E-state index < -0.39 is 0 Å². The summed E-state index contributed by atoms with van der Waals surface area (Å²) in [4.78, 5) is 2.60. The lowest BCUT2D eigenvalue weighted by Gasteiger charge is -2.36. The summed E-state index contributed by atoms with van der Waals surface area (Å²) < 4.78 is 5.96. The van der Waals surface area contributed by atoms with Gasteiger partial charge in [-0.25, -0.2) is 0 Å². The lowest BCUT2D eigenvalue weighted by Crippen LogP contribution is -2.43. The number of nitrogens with two attached hydrogens (primary N) is 1. The maximum Gasteiger partial charge on any atom is 0.122 e. The molecule has 0 amide bonds. The Labute approximate surface area is 129 Å². The topological polar surface area (TPSA) is 38.5 Å². The summed E-state index contributed by atoms with van der Waals surface area (Å²) in [6.07, 6.45) is 6.02. The fraction of sp³-hybridized carbons (Fsp3) is 0.667. The van der Waals surface area contributed by atoms with E-state index in [1.807, 2.05) is 6.07 Å². The lowest BCUT2D eigenvalue weighted by atomic mass is 9.90. The van der Waals surface area contributed by atoms with Crippen molar-refractivity contribution in [1.29, 1.82) is 0 Å². The highest BCUT2D eigenvalue weighted by Crippen LogP contribution is 2.22. The van der Waals surface area contributed by atoms with Crippen LogP contribution in [0.3, 0.4) is 0 Å². The van der Waals surface area contributed by atoms with Crippen molar-refractivity contribution >= 4 is 0 Å². The molecule has 118 valence electrons. The first-order chi connectivity index (χ1) is 10.2. The number of aryl methyl sites for hydroxylation is 1. The largest absolute Gasteiger partial charge is 0.492 e. The van der Waals surface area contributed by atoms with Crippen molar-refractivity contribution in [3.63, 3.8) is 0 Å². The summed E-state index contributed by atoms with van der Waals surface area (Å²) in [6, 6.07) is 9.37. The molecule has 1 aliphatic rings. The van der Waals surface area contributed by atoms with Gasteiger partial charge >= 0.3 is 0 Å². The van der Waals surface area contributed by atoms with Crippen LogP contribution in [0, 0.1) is 6.92 Å². The van der Waals surface area contributed by atoms with Crippen LogP contribution in [0.5, 0.6) is 5.75 Å². The summed E-state index contributed by atoms with van der Waals surface area (Å²) in [7, 11) is 0. The monoisotopic (exact) mass is 290 g/mol. The van der Waals surface area contributed by atoms with E-state index in [0.29, 0.717) is 12.1 Å². The maximum atomic E-state index is 6.02. The molecule has 1 fully saturated rings. The molecule has 0 saturated heterocycles. The second kappa shape index (κ2) is 8.40. The smallest absolute Gasteiger partial charge is 0.122 e. The third-order valence-electron chi connectivity index (χ3n) is 4.50. The van der Waals surface area contributed by atoms with Crippen LogP contribution in [0.2, 0.25) is 0 Å². The molecule has 0 radical (unpaired) electrons. The quantitative estimate of drug-likeness (QED) is 0.837. The van der Waals surface area contributed by atoms with Gasteiger partial charge in [0.25, 0.3) is 0 Å². The van der Waals surface area contributed by atoms with Crippen LogP contribution in [0.25, 0.3) is 0 Å². The van der Waals surface area contributed by atoms with E-state index in [0.717, 1.165) is 25.4 Å². The minimum Gasteiger partial charge on any atom is -0.492 e. The van der Waals surface area contributed by atoms with Crippen LogP contribution in [0.1, 0.15) is 44.6 Å². The highest BCUT2D eigenvalue weighted by Gasteiger charge is 2.23. The zero-order valence-corrected chi connectivity index (χ0v) is 13.6.